The Morgan fingerprint density at radius 2 is 2.10 bits per heavy atom. The van der Waals surface area contributed by atoms with Gasteiger partial charge in [0.15, 0.2) is 0 Å². The van der Waals surface area contributed by atoms with Crippen LogP contribution in [0.25, 0.3) is 0 Å². The van der Waals surface area contributed by atoms with E-state index in [1.54, 1.807) is 29.2 Å². The predicted octanol–water partition coefficient (Wildman–Crippen LogP) is 1.04. The zero-order valence-corrected chi connectivity index (χ0v) is 13.1. The van der Waals surface area contributed by atoms with Gasteiger partial charge in [-0.2, -0.15) is 0 Å². The lowest BCUT2D eigenvalue weighted by Gasteiger charge is -2.27. The monoisotopic (exact) mass is 392 g/mol. The summed E-state index contributed by atoms with van der Waals surface area (Å²) in [5, 5.41) is 20.4. The lowest BCUT2D eigenvalue weighted by atomic mass is 10.2. The number of carbonyl (C=O) groups is 1. The smallest absolute Gasteiger partial charge is 0.253 e. The second-order valence-electron chi connectivity index (χ2n) is 4.50. The number of hydrogen-bond acceptors (Lipinski definition) is 5. The minimum absolute atomic E-state index is 0.0646. The second kappa shape index (κ2) is 7.21. The number of alkyl halides is 1. The van der Waals surface area contributed by atoms with E-state index in [0.717, 1.165) is 10.8 Å². The summed E-state index contributed by atoms with van der Waals surface area (Å²) in [6, 6.07) is 6.99. The van der Waals surface area contributed by atoms with Crippen molar-refractivity contribution < 1.29 is 19.8 Å². The molecule has 0 aromatic heterocycles. The van der Waals surface area contributed by atoms with Crippen LogP contribution in [0.15, 0.2) is 24.3 Å². The number of ether oxygens (including phenoxy) is 1. The van der Waals surface area contributed by atoms with E-state index in [4.69, 9.17) is 4.74 Å². The molecule has 1 aromatic carbocycles. The third kappa shape index (κ3) is 3.81. The summed E-state index contributed by atoms with van der Waals surface area (Å²) in [7, 11) is 0. The van der Waals surface area contributed by atoms with Gasteiger partial charge in [-0.3, -0.25) is 15.1 Å². The molecular weight excluding hydrogens is 375 g/mol. The molecular formula is C13H17IN2O4. The number of nitrogens with zero attached hydrogens (tertiary/aromatic N) is 2. The molecule has 0 bridgehead atoms. The standard InChI is InChI=1S/C13H17IN2O4/c14-7-12(17)8-16(19)11-3-1-10(2-4-11)15-5-6-20-9-13(15)18/h1-4,12,17,19H,5-9H2/t12-/m0/s1. The first kappa shape index (κ1) is 15.5. The zero-order valence-electron chi connectivity index (χ0n) is 10.9. The number of halogens is 1. The maximum Gasteiger partial charge on any atom is 0.253 e. The van der Waals surface area contributed by atoms with Crippen LogP contribution in [0.4, 0.5) is 11.4 Å². The molecule has 0 spiro atoms. The van der Waals surface area contributed by atoms with Gasteiger partial charge in [0.2, 0.25) is 0 Å². The molecule has 110 valence electrons. The first-order chi connectivity index (χ1) is 9.61. The van der Waals surface area contributed by atoms with Gasteiger partial charge >= 0.3 is 0 Å². The highest BCUT2D eigenvalue weighted by atomic mass is 127. The van der Waals surface area contributed by atoms with Crippen LogP contribution in [0, 0.1) is 0 Å². The van der Waals surface area contributed by atoms with E-state index in [1.807, 2.05) is 0 Å². The quantitative estimate of drug-likeness (QED) is 0.445. The normalized spacial score (nSPS) is 17.1. The van der Waals surface area contributed by atoms with Crippen LogP contribution in [-0.4, -0.2) is 53.1 Å². The molecule has 7 heteroatoms. The molecule has 0 saturated carbocycles. The summed E-state index contributed by atoms with van der Waals surface area (Å²) in [6.07, 6.45) is -0.582. The Balaban J connectivity index is 2.03. The second-order valence-corrected chi connectivity index (χ2v) is 5.39. The fourth-order valence-corrected chi connectivity index (χ4v) is 2.23. The highest BCUT2D eigenvalue weighted by molar-refractivity contribution is 14.1. The molecule has 1 aromatic rings. The Morgan fingerprint density at radius 3 is 2.70 bits per heavy atom. The van der Waals surface area contributed by atoms with Crippen molar-refractivity contribution in [2.75, 3.05) is 40.7 Å². The van der Waals surface area contributed by atoms with Gasteiger partial charge in [-0.05, 0) is 24.3 Å². The minimum atomic E-state index is -0.582. The largest absolute Gasteiger partial charge is 0.390 e. The molecule has 1 amide bonds. The Kier molecular flexibility index (Phi) is 5.58. The molecule has 6 nitrogen and oxygen atoms in total. The molecule has 1 atom stereocenters. The first-order valence-corrected chi connectivity index (χ1v) is 7.83. The van der Waals surface area contributed by atoms with Crippen molar-refractivity contribution in [3.63, 3.8) is 0 Å². The number of carbonyl (C=O) groups excluding carboxylic acids is 1. The highest BCUT2D eigenvalue weighted by Crippen LogP contribution is 2.21. The highest BCUT2D eigenvalue weighted by Gasteiger charge is 2.20. The van der Waals surface area contributed by atoms with Gasteiger partial charge in [0.1, 0.15) is 6.61 Å². The molecule has 1 fully saturated rings. The number of aliphatic hydroxyl groups is 1. The Hall–Kier alpha value is -0.900. The summed E-state index contributed by atoms with van der Waals surface area (Å²) in [5.74, 6) is -0.0646. The Labute approximate surface area is 131 Å². The van der Waals surface area contributed by atoms with Gasteiger partial charge < -0.3 is 14.7 Å². The van der Waals surface area contributed by atoms with Crippen LogP contribution in [0.1, 0.15) is 0 Å². The average Bonchev–Trinajstić information content (AvgIpc) is 2.47. The van der Waals surface area contributed by atoms with Crippen molar-refractivity contribution in [3.8, 4) is 0 Å². The molecule has 2 N–H and O–H groups in total. The number of hydroxylamine groups is 1. The van der Waals surface area contributed by atoms with Crippen molar-refractivity contribution in [1.29, 1.82) is 0 Å². The van der Waals surface area contributed by atoms with Crippen molar-refractivity contribution in [3.05, 3.63) is 24.3 Å². The maximum absolute atomic E-state index is 11.7. The van der Waals surface area contributed by atoms with E-state index in [9.17, 15) is 15.1 Å². The molecule has 0 aliphatic carbocycles. The van der Waals surface area contributed by atoms with E-state index in [1.165, 1.54) is 0 Å². The summed E-state index contributed by atoms with van der Waals surface area (Å²) in [4.78, 5) is 13.4. The van der Waals surface area contributed by atoms with Gasteiger partial charge in [0.05, 0.1) is 24.9 Å². The maximum atomic E-state index is 11.7. The summed E-state index contributed by atoms with van der Waals surface area (Å²) in [6.45, 7) is 1.32. The lowest BCUT2D eigenvalue weighted by molar-refractivity contribution is -0.125. The number of amides is 1. The van der Waals surface area contributed by atoms with Gasteiger partial charge in [-0.15, -0.1) is 0 Å². The predicted molar refractivity (Wildman–Crippen MR) is 83.6 cm³/mol. The number of rotatable bonds is 5. The van der Waals surface area contributed by atoms with E-state index in [0.29, 0.717) is 23.3 Å². The molecule has 1 aliphatic heterocycles. The number of anilines is 2. The molecule has 0 radical (unpaired) electrons. The van der Waals surface area contributed by atoms with Crippen LogP contribution >= 0.6 is 22.6 Å². The van der Waals surface area contributed by atoms with E-state index < -0.39 is 6.10 Å². The summed E-state index contributed by atoms with van der Waals surface area (Å²) >= 11 is 2.06. The Bertz CT molecular complexity index is 454. The Morgan fingerprint density at radius 1 is 1.40 bits per heavy atom. The third-order valence-corrected chi connectivity index (χ3v) is 4.02. The lowest BCUT2D eigenvalue weighted by Crippen LogP contribution is -2.41. The topological polar surface area (TPSA) is 73.2 Å². The number of aliphatic hydroxyl groups excluding tert-OH is 1. The van der Waals surface area contributed by atoms with Gasteiger partial charge in [0.25, 0.3) is 5.91 Å². The van der Waals surface area contributed by atoms with Crippen LogP contribution in [0.5, 0.6) is 0 Å². The first-order valence-electron chi connectivity index (χ1n) is 6.30. The van der Waals surface area contributed by atoms with Crippen molar-refractivity contribution in [1.82, 2.24) is 0 Å². The van der Waals surface area contributed by atoms with E-state index in [2.05, 4.69) is 22.6 Å². The van der Waals surface area contributed by atoms with Crippen LogP contribution in [0.2, 0.25) is 0 Å². The summed E-state index contributed by atoms with van der Waals surface area (Å²) in [5.41, 5.74) is 1.36. The molecule has 0 unspecified atom stereocenters. The molecule has 20 heavy (non-hydrogen) atoms. The van der Waals surface area contributed by atoms with E-state index in [-0.39, 0.29) is 19.1 Å². The van der Waals surface area contributed by atoms with Crippen molar-refractivity contribution >= 4 is 39.9 Å². The van der Waals surface area contributed by atoms with Crippen molar-refractivity contribution in [2.24, 2.45) is 0 Å². The third-order valence-electron chi connectivity index (χ3n) is 3.01. The number of hydrogen-bond donors (Lipinski definition) is 2. The summed E-state index contributed by atoms with van der Waals surface area (Å²) < 4.78 is 5.63. The molecule has 1 heterocycles. The fraction of sp³-hybridized carbons (Fsp3) is 0.462. The number of morpholine rings is 1. The van der Waals surface area contributed by atoms with Crippen LogP contribution < -0.4 is 9.96 Å². The zero-order chi connectivity index (χ0) is 14.5. The minimum Gasteiger partial charge on any atom is -0.390 e. The SMILES string of the molecule is O=C1COCCN1c1ccc(N(O)C[C@@H](O)CI)cc1. The number of benzene rings is 1. The van der Waals surface area contributed by atoms with Gasteiger partial charge in [-0.1, -0.05) is 22.6 Å². The van der Waals surface area contributed by atoms with E-state index >= 15 is 0 Å². The van der Waals surface area contributed by atoms with Crippen molar-refractivity contribution in [2.45, 2.75) is 6.10 Å². The van der Waals surface area contributed by atoms with Gasteiger partial charge in [-0.25, -0.2) is 0 Å². The fourth-order valence-electron chi connectivity index (χ4n) is 1.95. The molecule has 2 rings (SSSR count). The average molecular weight is 392 g/mol. The molecule has 1 aliphatic rings. The molecule has 1 saturated heterocycles. The van der Waals surface area contributed by atoms with Gasteiger partial charge in [0, 0.05) is 16.7 Å². The van der Waals surface area contributed by atoms with Crippen LogP contribution in [0.3, 0.4) is 0 Å². The van der Waals surface area contributed by atoms with Crippen LogP contribution in [-0.2, 0) is 9.53 Å².